The van der Waals surface area contributed by atoms with E-state index in [-0.39, 0.29) is 5.16 Å². The number of fused-ring (bicyclic) bond motifs is 1. The lowest BCUT2D eigenvalue weighted by atomic mass is 10.1. The van der Waals surface area contributed by atoms with Crippen LogP contribution in [0, 0.1) is 0 Å². The van der Waals surface area contributed by atoms with Gasteiger partial charge in [-0.2, -0.15) is 8.42 Å². The largest absolute Gasteiger partial charge is 0.330 e. The highest BCUT2D eigenvalue weighted by Crippen LogP contribution is 2.24. The molecule has 7 nitrogen and oxygen atoms in total. The minimum absolute atomic E-state index is 0.0115. The van der Waals surface area contributed by atoms with Gasteiger partial charge in [-0.25, -0.2) is 8.96 Å². The van der Waals surface area contributed by atoms with Crippen LogP contribution in [-0.2, 0) is 23.5 Å². The van der Waals surface area contributed by atoms with Crippen molar-refractivity contribution in [1.29, 1.82) is 0 Å². The van der Waals surface area contributed by atoms with E-state index in [1.165, 1.54) is 20.9 Å². The zero-order valence-electron chi connectivity index (χ0n) is 11.5. The van der Waals surface area contributed by atoms with E-state index >= 15 is 0 Å². The average molecular weight is 305 g/mol. The van der Waals surface area contributed by atoms with Crippen LogP contribution < -0.4 is 5.73 Å². The summed E-state index contributed by atoms with van der Waals surface area (Å²) in [5, 5.41) is 0.829. The van der Waals surface area contributed by atoms with Crippen LogP contribution in [0.4, 0.5) is 0 Å². The number of aromatic nitrogens is 4. The summed E-state index contributed by atoms with van der Waals surface area (Å²) in [5.41, 5.74) is 7.01. The van der Waals surface area contributed by atoms with E-state index in [4.69, 9.17) is 5.73 Å². The number of rotatable bonds is 4. The Balaban J connectivity index is 2.28. The van der Waals surface area contributed by atoms with Gasteiger partial charge in [0, 0.05) is 37.2 Å². The molecular weight excluding hydrogens is 290 g/mol. The fourth-order valence-corrected chi connectivity index (χ4v) is 3.82. The van der Waals surface area contributed by atoms with Crippen LogP contribution in [0.25, 0.3) is 10.9 Å². The van der Waals surface area contributed by atoms with E-state index in [0.717, 1.165) is 10.9 Å². The smallest absolute Gasteiger partial charge is 0.302 e. The highest BCUT2D eigenvalue weighted by Gasteiger charge is 2.24. The van der Waals surface area contributed by atoms with E-state index in [9.17, 15) is 8.42 Å². The molecule has 0 fully saturated rings. The zero-order valence-corrected chi connectivity index (χ0v) is 12.3. The lowest BCUT2D eigenvalue weighted by molar-refractivity contribution is 0.571. The van der Waals surface area contributed by atoms with Gasteiger partial charge >= 0.3 is 10.0 Å². The van der Waals surface area contributed by atoms with Crippen LogP contribution in [0.15, 0.2) is 42.2 Å². The molecule has 21 heavy (non-hydrogen) atoms. The molecular formula is C13H15N5O2S. The Morgan fingerprint density at radius 2 is 2.14 bits per heavy atom. The second-order valence-electron chi connectivity index (χ2n) is 4.71. The number of imidazole rings is 1. The summed E-state index contributed by atoms with van der Waals surface area (Å²) in [4.78, 5) is 7.96. The van der Waals surface area contributed by atoms with Crippen molar-refractivity contribution in [2.75, 3.05) is 6.54 Å². The summed E-state index contributed by atoms with van der Waals surface area (Å²) < 4.78 is 28.2. The number of pyridine rings is 1. The van der Waals surface area contributed by atoms with Crippen LogP contribution in [0.3, 0.4) is 0 Å². The number of hydrogen-bond donors (Lipinski definition) is 1. The molecule has 0 aliphatic heterocycles. The fraction of sp³-hybridized carbons (Fsp3) is 0.231. The van der Waals surface area contributed by atoms with Crippen LogP contribution in [0.5, 0.6) is 0 Å². The van der Waals surface area contributed by atoms with Gasteiger partial charge in [-0.1, -0.05) is 0 Å². The molecule has 0 spiro atoms. The average Bonchev–Trinajstić information content (AvgIpc) is 3.05. The summed E-state index contributed by atoms with van der Waals surface area (Å²) in [5.74, 6) is 0. The van der Waals surface area contributed by atoms with E-state index in [2.05, 4.69) is 9.97 Å². The Morgan fingerprint density at radius 3 is 2.81 bits per heavy atom. The van der Waals surface area contributed by atoms with Crippen LogP contribution >= 0.6 is 0 Å². The molecule has 0 unspecified atom stereocenters. The van der Waals surface area contributed by atoms with Crippen molar-refractivity contribution in [3.63, 3.8) is 0 Å². The molecule has 0 atom stereocenters. The maximum Gasteiger partial charge on any atom is 0.302 e. The number of aryl methyl sites for hydroxylation is 1. The Labute approximate surface area is 122 Å². The summed E-state index contributed by atoms with van der Waals surface area (Å²) in [6.45, 7) is 0.448. The molecule has 3 aromatic rings. The molecule has 8 heteroatoms. The van der Waals surface area contributed by atoms with Gasteiger partial charge in [0.2, 0.25) is 5.16 Å². The van der Waals surface area contributed by atoms with Crippen LogP contribution in [-0.4, -0.2) is 33.5 Å². The number of nitrogens with zero attached hydrogens (tertiary/aromatic N) is 4. The van der Waals surface area contributed by atoms with Gasteiger partial charge in [-0.15, -0.1) is 0 Å². The first-order chi connectivity index (χ1) is 10.1. The zero-order chi connectivity index (χ0) is 15.0. The van der Waals surface area contributed by atoms with E-state index < -0.39 is 10.0 Å². The lowest BCUT2D eigenvalue weighted by Crippen LogP contribution is -2.16. The maximum absolute atomic E-state index is 12.8. The minimum atomic E-state index is -3.76. The summed E-state index contributed by atoms with van der Waals surface area (Å²) in [7, 11) is -2.12. The van der Waals surface area contributed by atoms with Crippen molar-refractivity contribution < 1.29 is 8.42 Å². The standard InChI is InChI=1S/C13H15N5O2S/c1-17-7-6-16-13(17)21(19,20)18-9-10(2-4-14)11-3-5-15-8-12(11)18/h3,5-9H,2,4,14H2,1H3. The lowest BCUT2D eigenvalue weighted by Gasteiger charge is -2.06. The van der Waals surface area contributed by atoms with Gasteiger partial charge in [0.1, 0.15) is 0 Å². The molecule has 0 amide bonds. The molecule has 110 valence electrons. The first kappa shape index (κ1) is 13.8. The van der Waals surface area contributed by atoms with Crippen molar-refractivity contribution >= 4 is 20.9 Å². The van der Waals surface area contributed by atoms with E-state index in [0.29, 0.717) is 18.5 Å². The van der Waals surface area contributed by atoms with Crippen molar-refractivity contribution in [3.05, 3.63) is 42.6 Å². The van der Waals surface area contributed by atoms with Crippen molar-refractivity contribution in [1.82, 2.24) is 18.5 Å². The van der Waals surface area contributed by atoms with Gasteiger partial charge < -0.3 is 10.3 Å². The topological polar surface area (TPSA) is 95.8 Å². The second-order valence-corrected chi connectivity index (χ2v) is 6.42. The molecule has 0 saturated heterocycles. The molecule has 0 bridgehead atoms. The van der Waals surface area contributed by atoms with Crippen molar-refractivity contribution in [3.8, 4) is 0 Å². The maximum atomic E-state index is 12.8. The quantitative estimate of drug-likeness (QED) is 0.757. The van der Waals surface area contributed by atoms with Gasteiger partial charge in [-0.3, -0.25) is 4.98 Å². The van der Waals surface area contributed by atoms with Gasteiger partial charge in [0.25, 0.3) is 0 Å². The highest BCUT2D eigenvalue weighted by atomic mass is 32.2. The Hall–Kier alpha value is -2.19. The first-order valence-corrected chi connectivity index (χ1v) is 7.86. The van der Waals surface area contributed by atoms with Crippen LogP contribution in [0.1, 0.15) is 5.56 Å². The third-order valence-electron chi connectivity index (χ3n) is 3.34. The summed E-state index contributed by atoms with van der Waals surface area (Å²) in [6, 6.07) is 1.80. The third kappa shape index (κ3) is 2.12. The Bertz CT molecular complexity index is 894. The molecule has 3 rings (SSSR count). The van der Waals surface area contributed by atoms with E-state index in [1.807, 2.05) is 0 Å². The third-order valence-corrected chi connectivity index (χ3v) is 5.01. The molecule has 0 aliphatic carbocycles. The fourth-order valence-electron chi connectivity index (χ4n) is 2.36. The predicted molar refractivity (Wildman–Crippen MR) is 78.3 cm³/mol. The Morgan fingerprint density at radius 1 is 1.33 bits per heavy atom. The normalized spacial score (nSPS) is 12.1. The van der Waals surface area contributed by atoms with Gasteiger partial charge in [0.05, 0.1) is 11.7 Å². The predicted octanol–water partition coefficient (Wildman–Crippen LogP) is 0.508. The minimum Gasteiger partial charge on any atom is -0.330 e. The van der Waals surface area contributed by atoms with Crippen molar-refractivity contribution in [2.24, 2.45) is 12.8 Å². The monoisotopic (exact) mass is 305 g/mol. The van der Waals surface area contributed by atoms with Gasteiger partial charge in [0.15, 0.2) is 0 Å². The van der Waals surface area contributed by atoms with E-state index in [1.54, 1.807) is 31.7 Å². The van der Waals surface area contributed by atoms with Gasteiger partial charge in [-0.05, 0) is 24.6 Å². The first-order valence-electron chi connectivity index (χ1n) is 6.42. The SMILES string of the molecule is Cn1ccnc1S(=O)(=O)n1cc(CCN)c2ccncc21. The number of nitrogens with two attached hydrogens (primary N) is 1. The second kappa shape index (κ2) is 4.97. The van der Waals surface area contributed by atoms with Crippen LogP contribution in [0.2, 0.25) is 0 Å². The molecule has 0 saturated carbocycles. The molecule has 0 aliphatic rings. The Kier molecular flexibility index (Phi) is 3.26. The summed E-state index contributed by atoms with van der Waals surface area (Å²) >= 11 is 0. The number of hydrogen-bond acceptors (Lipinski definition) is 5. The molecule has 0 aromatic carbocycles. The molecule has 0 radical (unpaired) electrons. The molecule has 2 N–H and O–H groups in total. The molecule has 3 heterocycles. The highest BCUT2D eigenvalue weighted by molar-refractivity contribution is 7.90. The van der Waals surface area contributed by atoms with Crippen molar-refractivity contribution in [2.45, 2.75) is 11.6 Å². The summed E-state index contributed by atoms with van der Waals surface area (Å²) in [6.07, 6.45) is 8.43. The molecule has 3 aromatic heterocycles.